The average molecular weight is 450 g/mol. The first-order valence-corrected chi connectivity index (χ1v) is 12.2. The third-order valence-electron chi connectivity index (χ3n) is 7.37. The summed E-state index contributed by atoms with van der Waals surface area (Å²) < 4.78 is 0. The fraction of sp³-hybridized carbons (Fsp3) is 0.560. The van der Waals surface area contributed by atoms with Crippen molar-refractivity contribution >= 4 is 11.8 Å². The van der Waals surface area contributed by atoms with Crippen molar-refractivity contribution in [3.63, 3.8) is 0 Å². The number of nitrogens with one attached hydrogen (secondary N) is 1. The van der Waals surface area contributed by atoms with Crippen LogP contribution in [0.4, 0.5) is 0 Å². The Morgan fingerprint density at radius 2 is 1.91 bits per heavy atom. The van der Waals surface area contributed by atoms with Crippen LogP contribution >= 0.6 is 0 Å². The Morgan fingerprint density at radius 1 is 1.09 bits per heavy atom. The van der Waals surface area contributed by atoms with Crippen LogP contribution in [0, 0.1) is 5.92 Å². The van der Waals surface area contributed by atoms with Crippen molar-refractivity contribution in [2.24, 2.45) is 5.92 Å². The number of carbonyl (C=O) groups excluding carboxylic acids is 2. The Hall–Kier alpha value is -3.03. The number of likely N-dealkylation sites (tertiary alicyclic amines) is 1. The Morgan fingerprint density at radius 3 is 2.70 bits per heavy atom. The lowest BCUT2D eigenvalue weighted by Crippen LogP contribution is -2.43. The molecule has 2 aromatic heterocycles. The molecule has 0 spiro atoms. The van der Waals surface area contributed by atoms with Crippen LogP contribution in [0.2, 0.25) is 0 Å². The second kappa shape index (κ2) is 9.45. The normalized spacial score (nSPS) is 21.2. The van der Waals surface area contributed by atoms with Gasteiger partial charge in [0.1, 0.15) is 5.82 Å². The minimum atomic E-state index is -0.258. The largest absolute Gasteiger partial charge is 0.338 e. The molecule has 8 heteroatoms. The summed E-state index contributed by atoms with van der Waals surface area (Å²) in [5, 5.41) is 0. The molecule has 0 bridgehead atoms. The summed E-state index contributed by atoms with van der Waals surface area (Å²) in [6.07, 6.45) is 11.8. The monoisotopic (exact) mass is 449 g/mol. The molecule has 0 unspecified atom stereocenters. The molecule has 1 N–H and O–H groups in total. The molecule has 1 saturated heterocycles. The molecular formula is C25H31N5O3. The van der Waals surface area contributed by atoms with E-state index >= 15 is 0 Å². The maximum absolute atomic E-state index is 13.1. The van der Waals surface area contributed by atoms with Crippen molar-refractivity contribution in [3.05, 3.63) is 57.5 Å². The average Bonchev–Trinajstić information content (AvgIpc) is 3.37. The number of nitrogens with zero attached hydrogens (tertiary/aromatic N) is 4. The quantitative estimate of drug-likeness (QED) is 0.774. The molecule has 174 valence electrons. The molecule has 5 rings (SSSR count). The van der Waals surface area contributed by atoms with Crippen LogP contribution < -0.4 is 5.56 Å². The predicted octanol–water partition coefficient (Wildman–Crippen LogP) is 3.00. The number of rotatable bonds is 4. The maximum atomic E-state index is 13.1. The van der Waals surface area contributed by atoms with Crippen molar-refractivity contribution in [3.8, 4) is 0 Å². The van der Waals surface area contributed by atoms with Crippen LogP contribution in [0.3, 0.4) is 0 Å². The molecule has 2 aliphatic heterocycles. The fourth-order valence-electron chi connectivity index (χ4n) is 5.52. The van der Waals surface area contributed by atoms with Gasteiger partial charge < -0.3 is 14.8 Å². The van der Waals surface area contributed by atoms with E-state index in [1.54, 1.807) is 24.5 Å². The first kappa shape index (κ1) is 21.8. The van der Waals surface area contributed by atoms with Gasteiger partial charge in [-0.05, 0) is 50.2 Å². The molecule has 33 heavy (non-hydrogen) atoms. The molecule has 3 aliphatic rings. The number of aromatic amines is 1. The van der Waals surface area contributed by atoms with Crippen LogP contribution in [0.15, 0.2) is 29.3 Å². The third-order valence-corrected chi connectivity index (χ3v) is 7.37. The number of carbonyl (C=O) groups is 2. The van der Waals surface area contributed by atoms with Gasteiger partial charge in [-0.2, -0.15) is 0 Å². The van der Waals surface area contributed by atoms with Gasteiger partial charge in [-0.15, -0.1) is 0 Å². The van der Waals surface area contributed by atoms with Crippen LogP contribution in [0.1, 0.15) is 84.8 Å². The molecule has 2 fully saturated rings. The first-order chi connectivity index (χ1) is 16.1. The number of amides is 2. The highest BCUT2D eigenvalue weighted by atomic mass is 16.2. The summed E-state index contributed by atoms with van der Waals surface area (Å²) in [6.45, 7) is 1.55. The summed E-state index contributed by atoms with van der Waals surface area (Å²) in [7, 11) is 0. The number of fused-ring (bicyclic) bond motifs is 1. The van der Waals surface area contributed by atoms with Crippen molar-refractivity contribution in [1.29, 1.82) is 0 Å². The minimum absolute atomic E-state index is 0.0862. The SMILES string of the molecule is O=C(CC1CCCC1)N1CCc2nc([C@@H]3CCCCN3C(=O)c3cccnc3)[nH]c(=O)c2C1. The Balaban J connectivity index is 1.35. The van der Waals surface area contributed by atoms with Crippen molar-refractivity contribution in [2.45, 2.75) is 70.4 Å². The summed E-state index contributed by atoms with van der Waals surface area (Å²) in [5.41, 5.74) is 1.71. The molecule has 1 saturated carbocycles. The number of aromatic nitrogens is 3. The molecular weight excluding hydrogens is 418 g/mol. The first-order valence-electron chi connectivity index (χ1n) is 12.2. The van der Waals surface area contributed by atoms with Crippen LogP contribution in [0.25, 0.3) is 0 Å². The maximum Gasteiger partial charge on any atom is 0.256 e. The highest BCUT2D eigenvalue weighted by Crippen LogP contribution is 2.31. The molecule has 1 aliphatic carbocycles. The molecule has 0 aromatic carbocycles. The lowest BCUT2D eigenvalue weighted by atomic mass is 9.99. The number of piperidine rings is 1. The molecule has 2 amide bonds. The molecule has 0 radical (unpaired) electrons. The second-order valence-corrected chi connectivity index (χ2v) is 9.55. The predicted molar refractivity (Wildman–Crippen MR) is 122 cm³/mol. The van der Waals surface area contributed by atoms with Crippen LogP contribution in [-0.2, 0) is 17.8 Å². The number of hydrogen-bond donors (Lipinski definition) is 1. The van der Waals surface area contributed by atoms with Crippen molar-refractivity contribution < 1.29 is 9.59 Å². The summed E-state index contributed by atoms with van der Waals surface area (Å²) in [6, 6.07) is 3.26. The highest BCUT2D eigenvalue weighted by Gasteiger charge is 2.33. The fourth-order valence-corrected chi connectivity index (χ4v) is 5.52. The molecule has 2 aromatic rings. The van der Waals surface area contributed by atoms with Crippen molar-refractivity contribution in [2.75, 3.05) is 13.1 Å². The van der Waals surface area contributed by atoms with E-state index in [0.29, 0.717) is 55.3 Å². The van der Waals surface area contributed by atoms with E-state index in [1.807, 2.05) is 9.80 Å². The zero-order chi connectivity index (χ0) is 22.8. The van der Waals surface area contributed by atoms with Gasteiger partial charge in [0, 0.05) is 38.3 Å². The van der Waals surface area contributed by atoms with Crippen molar-refractivity contribution in [1.82, 2.24) is 24.8 Å². The molecule has 1 atom stereocenters. The lowest BCUT2D eigenvalue weighted by molar-refractivity contribution is -0.133. The Labute approximate surface area is 193 Å². The topological polar surface area (TPSA) is 99.3 Å². The van der Waals surface area contributed by atoms with Gasteiger partial charge in [-0.25, -0.2) is 4.98 Å². The smallest absolute Gasteiger partial charge is 0.256 e. The van der Waals surface area contributed by atoms with E-state index in [0.717, 1.165) is 37.8 Å². The summed E-state index contributed by atoms with van der Waals surface area (Å²) in [5.74, 6) is 1.11. The minimum Gasteiger partial charge on any atom is -0.338 e. The zero-order valence-corrected chi connectivity index (χ0v) is 19.0. The third kappa shape index (κ3) is 4.56. The van der Waals surface area contributed by atoms with Gasteiger partial charge in [-0.1, -0.05) is 12.8 Å². The van der Waals surface area contributed by atoms with Crippen LogP contribution in [0.5, 0.6) is 0 Å². The highest BCUT2D eigenvalue weighted by molar-refractivity contribution is 5.94. The number of pyridine rings is 1. The molecule has 8 nitrogen and oxygen atoms in total. The Bertz CT molecular complexity index is 1080. The summed E-state index contributed by atoms with van der Waals surface area (Å²) >= 11 is 0. The van der Waals surface area contributed by atoms with E-state index in [9.17, 15) is 14.4 Å². The van der Waals surface area contributed by atoms with Gasteiger partial charge in [0.2, 0.25) is 5.91 Å². The number of hydrogen-bond acceptors (Lipinski definition) is 5. The molecule has 4 heterocycles. The van der Waals surface area contributed by atoms with Gasteiger partial charge in [0.05, 0.1) is 29.4 Å². The van der Waals surface area contributed by atoms with E-state index in [4.69, 9.17) is 4.98 Å². The van der Waals surface area contributed by atoms with E-state index < -0.39 is 0 Å². The van der Waals surface area contributed by atoms with E-state index in [1.165, 1.54) is 12.8 Å². The number of H-pyrrole nitrogens is 1. The Kier molecular flexibility index (Phi) is 6.24. The van der Waals surface area contributed by atoms with Gasteiger partial charge >= 0.3 is 0 Å². The lowest BCUT2D eigenvalue weighted by Gasteiger charge is -2.36. The van der Waals surface area contributed by atoms with Gasteiger partial charge in [0.15, 0.2) is 0 Å². The zero-order valence-electron chi connectivity index (χ0n) is 19.0. The van der Waals surface area contributed by atoms with Gasteiger partial charge in [-0.3, -0.25) is 19.4 Å². The van der Waals surface area contributed by atoms with E-state index in [2.05, 4.69) is 9.97 Å². The van der Waals surface area contributed by atoms with E-state index in [-0.39, 0.29) is 23.4 Å². The second-order valence-electron chi connectivity index (χ2n) is 9.55. The van der Waals surface area contributed by atoms with Crippen LogP contribution in [-0.4, -0.2) is 49.7 Å². The van der Waals surface area contributed by atoms with Gasteiger partial charge in [0.25, 0.3) is 11.5 Å². The standard InChI is InChI=1S/C25H31N5O3/c31-22(14-17-6-1-2-7-17)29-13-10-20-19(16-29)24(32)28-23(27-20)21-9-3-4-12-30(21)25(33)18-8-5-11-26-15-18/h5,8,11,15,17,21H,1-4,6-7,9-10,12-14,16H2,(H,27,28,32)/t21-/m0/s1. The summed E-state index contributed by atoms with van der Waals surface area (Å²) in [4.78, 5) is 54.4.